The molecular formula is C16H19FN4O2. The second-order valence-corrected chi connectivity index (χ2v) is 5.88. The molecule has 1 amide bonds. The average molecular weight is 318 g/mol. The lowest BCUT2D eigenvalue weighted by atomic mass is 9.97. The number of benzene rings is 1. The Morgan fingerprint density at radius 3 is 2.87 bits per heavy atom. The minimum absolute atomic E-state index is 0.00754. The molecule has 122 valence electrons. The minimum atomic E-state index is -0.508. The van der Waals surface area contributed by atoms with Crippen molar-refractivity contribution in [3.05, 3.63) is 36.0 Å². The van der Waals surface area contributed by atoms with Gasteiger partial charge in [-0.2, -0.15) is 4.98 Å². The van der Waals surface area contributed by atoms with Gasteiger partial charge in [0.1, 0.15) is 5.82 Å². The van der Waals surface area contributed by atoms with Gasteiger partial charge in [-0.05, 0) is 44.0 Å². The van der Waals surface area contributed by atoms with Crippen LogP contribution in [0.5, 0.6) is 0 Å². The Balaban J connectivity index is 1.74. The lowest BCUT2D eigenvalue weighted by Gasteiger charge is -2.32. The number of carbonyl (C=O) groups is 1. The van der Waals surface area contributed by atoms with E-state index >= 15 is 0 Å². The van der Waals surface area contributed by atoms with Gasteiger partial charge in [-0.3, -0.25) is 4.79 Å². The van der Waals surface area contributed by atoms with Crippen LogP contribution in [-0.2, 0) is 4.79 Å². The van der Waals surface area contributed by atoms with Crippen molar-refractivity contribution >= 4 is 5.91 Å². The summed E-state index contributed by atoms with van der Waals surface area (Å²) in [4.78, 5) is 18.2. The Bertz CT molecular complexity index is 684. The summed E-state index contributed by atoms with van der Waals surface area (Å²) in [6.45, 7) is 2.92. The van der Waals surface area contributed by atoms with Crippen molar-refractivity contribution in [3.63, 3.8) is 0 Å². The van der Waals surface area contributed by atoms with Gasteiger partial charge in [0.05, 0.1) is 12.0 Å². The first kappa shape index (κ1) is 15.6. The molecule has 7 heteroatoms. The molecule has 0 spiro atoms. The van der Waals surface area contributed by atoms with E-state index in [4.69, 9.17) is 10.3 Å². The summed E-state index contributed by atoms with van der Waals surface area (Å²) in [6.07, 6.45) is 1.76. The van der Waals surface area contributed by atoms with Gasteiger partial charge < -0.3 is 15.2 Å². The molecule has 1 aliphatic rings. The summed E-state index contributed by atoms with van der Waals surface area (Å²) >= 11 is 0. The van der Waals surface area contributed by atoms with Gasteiger partial charge in [0, 0.05) is 18.7 Å². The van der Waals surface area contributed by atoms with Crippen LogP contribution in [-0.4, -0.2) is 40.1 Å². The van der Waals surface area contributed by atoms with Crippen molar-refractivity contribution < 1.29 is 13.7 Å². The number of hydrogen-bond acceptors (Lipinski definition) is 5. The van der Waals surface area contributed by atoms with E-state index in [0.717, 1.165) is 12.8 Å². The Labute approximate surface area is 133 Å². The van der Waals surface area contributed by atoms with Crippen LogP contribution in [0, 0.1) is 5.82 Å². The van der Waals surface area contributed by atoms with E-state index in [-0.39, 0.29) is 17.6 Å². The summed E-state index contributed by atoms with van der Waals surface area (Å²) in [6, 6.07) is 5.42. The van der Waals surface area contributed by atoms with Crippen molar-refractivity contribution in [2.75, 3.05) is 13.1 Å². The molecule has 23 heavy (non-hydrogen) atoms. The van der Waals surface area contributed by atoms with Crippen molar-refractivity contribution in [2.24, 2.45) is 5.73 Å². The number of piperidine rings is 1. The third kappa shape index (κ3) is 3.39. The smallest absolute Gasteiger partial charge is 0.239 e. The number of hydrogen-bond donors (Lipinski definition) is 1. The van der Waals surface area contributed by atoms with Crippen molar-refractivity contribution in [1.29, 1.82) is 0 Å². The third-order valence-electron chi connectivity index (χ3n) is 4.02. The predicted molar refractivity (Wildman–Crippen MR) is 81.9 cm³/mol. The van der Waals surface area contributed by atoms with E-state index in [9.17, 15) is 9.18 Å². The molecule has 1 aliphatic heterocycles. The maximum atomic E-state index is 13.0. The zero-order valence-corrected chi connectivity index (χ0v) is 12.9. The monoisotopic (exact) mass is 318 g/mol. The van der Waals surface area contributed by atoms with Crippen LogP contribution in [0.4, 0.5) is 4.39 Å². The zero-order valence-electron chi connectivity index (χ0n) is 12.9. The minimum Gasteiger partial charge on any atom is -0.341 e. The number of rotatable bonds is 3. The van der Waals surface area contributed by atoms with Gasteiger partial charge in [0.15, 0.2) is 0 Å². The third-order valence-corrected chi connectivity index (χ3v) is 4.02. The fourth-order valence-electron chi connectivity index (χ4n) is 2.78. The number of nitrogens with zero attached hydrogens (tertiary/aromatic N) is 3. The maximum absolute atomic E-state index is 13.0. The molecule has 2 atom stereocenters. The fourth-order valence-corrected chi connectivity index (χ4v) is 2.78. The van der Waals surface area contributed by atoms with E-state index in [2.05, 4.69) is 10.1 Å². The van der Waals surface area contributed by atoms with Gasteiger partial charge >= 0.3 is 0 Å². The molecule has 1 fully saturated rings. The predicted octanol–water partition coefficient (Wildman–Crippen LogP) is 1.93. The van der Waals surface area contributed by atoms with Crippen LogP contribution in [0.1, 0.15) is 31.6 Å². The molecule has 6 nitrogen and oxygen atoms in total. The van der Waals surface area contributed by atoms with Gasteiger partial charge in [-0.15, -0.1) is 0 Å². The Kier molecular flexibility index (Phi) is 4.38. The second-order valence-electron chi connectivity index (χ2n) is 5.88. The van der Waals surface area contributed by atoms with E-state index in [1.54, 1.807) is 24.0 Å². The summed E-state index contributed by atoms with van der Waals surface area (Å²) in [5, 5.41) is 3.96. The molecule has 1 unspecified atom stereocenters. The van der Waals surface area contributed by atoms with Crippen LogP contribution in [0.15, 0.2) is 28.8 Å². The van der Waals surface area contributed by atoms with Crippen LogP contribution < -0.4 is 5.73 Å². The molecule has 1 aromatic carbocycles. The molecular weight excluding hydrogens is 299 g/mol. The number of amides is 1. The topological polar surface area (TPSA) is 85.3 Å². The second kappa shape index (κ2) is 6.45. The highest BCUT2D eigenvalue weighted by atomic mass is 19.1. The molecule has 1 saturated heterocycles. The lowest BCUT2D eigenvalue weighted by molar-refractivity contribution is -0.133. The maximum Gasteiger partial charge on any atom is 0.239 e. The molecule has 2 N–H and O–H groups in total. The normalized spacial score (nSPS) is 19.6. The molecule has 3 rings (SSSR count). The molecule has 0 radical (unpaired) electrons. The highest BCUT2D eigenvalue weighted by Gasteiger charge is 2.29. The first-order chi connectivity index (χ1) is 11.0. The molecule has 1 aromatic heterocycles. The van der Waals surface area contributed by atoms with Crippen molar-refractivity contribution in [3.8, 4) is 11.4 Å². The Hall–Kier alpha value is -2.28. The number of carbonyl (C=O) groups excluding carboxylic acids is 1. The molecule has 2 aromatic rings. The quantitative estimate of drug-likeness (QED) is 0.934. The molecule has 0 bridgehead atoms. The average Bonchev–Trinajstić information content (AvgIpc) is 3.05. The molecule has 0 saturated carbocycles. The van der Waals surface area contributed by atoms with Crippen LogP contribution in [0.25, 0.3) is 11.4 Å². The lowest BCUT2D eigenvalue weighted by Crippen LogP contribution is -2.46. The number of likely N-dealkylation sites (tertiary alicyclic amines) is 1. The summed E-state index contributed by atoms with van der Waals surface area (Å²) in [5.41, 5.74) is 6.37. The fraction of sp³-hybridized carbons (Fsp3) is 0.438. The zero-order chi connectivity index (χ0) is 16.4. The van der Waals surface area contributed by atoms with Gasteiger partial charge in [0.25, 0.3) is 0 Å². The van der Waals surface area contributed by atoms with Crippen LogP contribution in [0.3, 0.4) is 0 Å². The van der Waals surface area contributed by atoms with Crippen LogP contribution >= 0.6 is 0 Å². The first-order valence-corrected chi connectivity index (χ1v) is 7.68. The Morgan fingerprint density at radius 1 is 1.43 bits per heavy atom. The van der Waals surface area contributed by atoms with Gasteiger partial charge in [0.2, 0.25) is 17.6 Å². The summed E-state index contributed by atoms with van der Waals surface area (Å²) in [5.74, 6) is 0.568. The molecule has 0 aliphatic carbocycles. The van der Waals surface area contributed by atoms with E-state index in [1.165, 1.54) is 12.1 Å². The summed E-state index contributed by atoms with van der Waals surface area (Å²) in [7, 11) is 0. The standard InChI is InChI=1S/C16H19FN4O2/c1-10(18)16(22)21-8-2-3-12(9-21)15-19-14(20-23-15)11-4-6-13(17)7-5-11/h4-7,10,12H,2-3,8-9,18H2,1H3/t10-,12?/m1/s1. The van der Waals surface area contributed by atoms with Crippen molar-refractivity contribution in [2.45, 2.75) is 31.7 Å². The number of halogens is 1. The van der Waals surface area contributed by atoms with E-state index in [0.29, 0.717) is 30.4 Å². The number of nitrogens with two attached hydrogens (primary N) is 1. The highest BCUT2D eigenvalue weighted by Crippen LogP contribution is 2.27. The van der Waals surface area contributed by atoms with Crippen molar-refractivity contribution in [1.82, 2.24) is 15.0 Å². The Morgan fingerprint density at radius 2 is 2.17 bits per heavy atom. The SMILES string of the molecule is C[C@@H](N)C(=O)N1CCCC(c2nc(-c3ccc(F)cc3)no2)C1. The van der Waals surface area contributed by atoms with E-state index in [1.807, 2.05) is 0 Å². The first-order valence-electron chi connectivity index (χ1n) is 7.68. The van der Waals surface area contributed by atoms with Crippen LogP contribution in [0.2, 0.25) is 0 Å². The van der Waals surface area contributed by atoms with Gasteiger partial charge in [-0.1, -0.05) is 5.16 Å². The highest BCUT2D eigenvalue weighted by molar-refractivity contribution is 5.81. The largest absolute Gasteiger partial charge is 0.341 e. The van der Waals surface area contributed by atoms with E-state index < -0.39 is 6.04 Å². The molecule has 2 heterocycles. The van der Waals surface area contributed by atoms with Gasteiger partial charge in [-0.25, -0.2) is 4.39 Å². The summed E-state index contributed by atoms with van der Waals surface area (Å²) < 4.78 is 18.3. The number of aromatic nitrogens is 2.